The Morgan fingerprint density at radius 3 is 2.42 bits per heavy atom. The van der Waals surface area contributed by atoms with Crippen LogP contribution in [0.4, 0.5) is 15.3 Å². The molecule has 0 aromatic heterocycles. The van der Waals surface area contributed by atoms with E-state index >= 15 is 0 Å². The van der Waals surface area contributed by atoms with Crippen LogP contribution in [0.2, 0.25) is 0 Å². The molecule has 2 saturated heterocycles. The van der Waals surface area contributed by atoms with Crippen LogP contribution in [0, 0.1) is 0 Å². The average Bonchev–Trinajstić information content (AvgIpc) is 3.21. The molecule has 2 aliphatic rings. The minimum Gasteiger partial charge on any atom is -0.465 e. The predicted molar refractivity (Wildman–Crippen MR) is 114 cm³/mol. The molecular weight excluding hydrogens is 398 g/mol. The summed E-state index contributed by atoms with van der Waals surface area (Å²) in [6, 6.07) is 16.2. The van der Waals surface area contributed by atoms with Crippen molar-refractivity contribution in [2.75, 3.05) is 32.1 Å². The van der Waals surface area contributed by atoms with Crippen LogP contribution in [-0.4, -0.2) is 60.7 Å². The van der Waals surface area contributed by atoms with E-state index in [1.54, 1.807) is 34.1 Å². The SMILES string of the molecule is COC(=O)c1ccccc1NC(=O)N1CCC(N2CC(c3ccccc3)OC2=O)CC1. The molecule has 2 aromatic rings. The second-order valence-corrected chi connectivity index (χ2v) is 7.62. The van der Waals surface area contributed by atoms with Crippen molar-refractivity contribution in [2.45, 2.75) is 25.0 Å². The maximum atomic E-state index is 12.7. The zero-order valence-electron chi connectivity index (χ0n) is 17.3. The van der Waals surface area contributed by atoms with Crippen LogP contribution in [0.5, 0.6) is 0 Å². The van der Waals surface area contributed by atoms with Crippen LogP contribution >= 0.6 is 0 Å². The number of carbonyl (C=O) groups is 3. The van der Waals surface area contributed by atoms with E-state index in [2.05, 4.69) is 5.32 Å². The summed E-state index contributed by atoms with van der Waals surface area (Å²) < 4.78 is 10.3. The van der Waals surface area contributed by atoms with Crippen molar-refractivity contribution in [3.8, 4) is 0 Å². The van der Waals surface area contributed by atoms with Gasteiger partial charge in [-0.3, -0.25) is 0 Å². The Bertz CT molecular complexity index is 957. The van der Waals surface area contributed by atoms with Crippen LogP contribution < -0.4 is 5.32 Å². The number of cyclic esters (lactones) is 1. The van der Waals surface area contributed by atoms with Gasteiger partial charge in [0.2, 0.25) is 0 Å². The first kappa shape index (κ1) is 20.7. The highest BCUT2D eigenvalue weighted by atomic mass is 16.6. The summed E-state index contributed by atoms with van der Waals surface area (Å²) in [7, 11) is 1.30. The minimum absolute atomic E-state index is 0.0348. The molecule has 0 aliphatic carbocycles. The van der Waals surface area contributed by atoms with E-state index in [1.807, 2.05) is 30.3 Å². The van der Waals surface area contributed by atoms with Gasteiger partial charge in [-0.1, -0.05) is 42.5 Å². The summed E-state index contributed by atoms with van der Waals surface area (Å²) in [5.74, 6) is -0.505. The van der Waals surface area contributed by atoms with Crippen molar-refractivity contribution >= 4 is 23.8 Å². The molecule has 8 heteroatoms. The van der Waals surface area contributed by atoms with Gasteiger partial charge in [0, 0.05) is 19.1 Å². The molecule has 0 saturated carbocycles. The molecule has 1 N–H and O–H groups in total. The Morgan fingerprint density at radius 1 is 1.03 bits per heavy atom. The van der Waals surface area contributed by atoms with Crippen LogP contribution in [0.3, 0.4) is 0 Å². The lowest BCUT2D eigenvalue weighted by molar-refractivity contribution is 0.0602. The number of nitrogens with zero attached hydrogens (tertiary/aromatic N) is 2. The quantitative estimate of drug-likeness (QED) is 0.759. The summed E-state index contributed by atoms with van der Waals surface area (Å²) in [5.41, 5.74) is 1.70. The Kier molecular flexibility index (Phi) is 6.06. The van der Waals surface area contributed by atoms with Gasteiger partial charge in [-0.15, -0.1) is 0 Å². The number of likely N-dealkylation sites (tertiary alicyclic amines) is 1. The standard InChI is InChI=1S/C23H25N3O5/c1-30-21(27)18-9-5-6-10-19(18)24-22(28)25-13-11-17(12-14-25)26-15-20(31-23(26)29)16-7-3-2-4-8-16/h2-10,17,20H,11-15H2,1H3,(H,24,28). The topological polar surface area (TPSA) is 88.2 Å². The molecule has 4 rings (SSSR count). The molecule has 3 amide bonds. The van der Waals surface area contributed by atoms with Gasteiger partial charge in [-0.25, -0.2) is 14.4 Å². The van der Waals surface area contributed by atoms with Crippen molar-refractivity contribution in [2.24, 2.45) is 0 Å². The zero-order valence-corrected chi connectivity index (χ0v) is 17.3. The fourth-order valence-corrected chi connectivity index (χ4v) is 4.07. The van der Waals surface area contributed by atoms with Gasteiger partial charge in [0.25, 0.3) is 0 Å². The van der Waals surface area contributed by atoms with E-state index in [1.165, 1.54) is 7.11 Å². The predicted octanol–water partition coefficient (Wildman–Crippen LogP) is 3.66. The summed E-state index contributed by atoms with van der Waals surface area (Å²) in [5, 5.41) is 2.80. The largest absolute Gasteiger partial charge is 0.465 e. The molecule has 162 valence electrons. The number of para-hydroxylation sites is 1. The highest BCUT2D eigenvalue weighted by molar-refractivity contribution is 6.00. The van der Waals surface area contributed by atoms with Gasteiger partial charge in [0.15, 0.2) is 0 Å². The molecule has 1 atom stereocenters. The van der Waals surface area contributed by atoms with Crippen molar-refractivity contribution in [1.82, 2.24) is 9.80 Å². The number of anilines is 1. The highest BCUT2D eigenvalue weighted by Crippen LogP contribution is 2.30. The number of ether oxygens (including phenoxy) is 2. The number of piperidine rings is 1. The fraction of sp³-hybridized carbons (Fsp3) is 0.348. The van der Waals surface area contributed by atoms with E-state index in [9.17, 15) is 14.4 Å². The molecule has 8 nitrogen and oxygen atoms in total. The van der Waals surface area contributed by atoms with Crippen LogP contribution in [0.15, 0.2) is 54.6 Å². The van der Waals surface area contributed by atoms with Gasteiger partial charge < -0.3 is 24.6 Å². The Hall–Kier alpha value is -3.55. The number of esters is 1. The zero-order chi connectivity index (χ0) is 21.8. The van der Waals surface area contributed by atoms with Gasteiger partial charge >= 0.3 is 18.1 Å². The molecule has 2 heterocycles. The number of nitrogens with one attached hydrogen (secondary N) is 1. The van der Waals surface area contributed by atoms with Crippen LogP contribution in [0.25, 0.3) is 0 Å². The first-order valence-electron chi connectivity index (χ1n) is 10.3. The number of methoxy groups -OCH3 is 1. The summed E-state index contributed by atoms with van der Waals surface area (Å²) in [6.07, 6.45) is 0.777. The third-order valence-corrected chi connectivity index (χ3v) is 5.78. The van der Waals surface area contributed by atoms with E-state index in [-0.39, 0.29) is 24.3 Å². The highest BCUT2D eigenvalue weighted by Gasteiger charge is 2.38. The van der Waals surface area contributed by atoms with E-state index in [4.69, 9.17) is 9.47 Å². The van der Waals surface area contributed by atoms with E-state index < -0.39 is 5.97 Å². The van der Waals surface area contributed by atoms with Gasteiger partial charge in [-0.2, -0.15) is 0 Å². The van der Waals surface area contributed by atoms with E-state index in [0.717, 1.165) is 5.56 Å². The fourth-order valence-electron chi connectivity index (χ4n) is 4.07. The smallest absolute Gasteiger partial charge is 0.410 e. The summed E-state index contributed by atoms with van der Waals surface area (Å²) in [4.78, 5) is 40.5. The number of benzene rings is 2. The Balaban J connectivity index is 1.33. The molecule has 1 unspecified atom stereocenters. The van der Waals surface area contributed by atoms with Gasteiger partial charge in [0.05, 0.1) is 24.9 Å². The van der Waals surface area contributed by atoms with Crippen molar-refractivity contribution in [3.63, 3.8) is 0 Å². The second kappa shape index (κ2) is 9.07. The molecule has 2 aliphatic heterocycles. The molecule has 2 aromatic carbocycles. The monoisotopic (exact) mass is 423 g/mol. The van der Waals surface area contributed by atoms with Crippen molar-refractivity contribution in [3.05, 3.63) is 65.7 Å². The van der Waals surface area contributed by atoms with Gasteiger partial charge in [0.1, 0.15) is 6.10 Å². The number of amides is 3. The molecule has 0 radical (unpaired) electrons. The van der Waals surface area contributed by atoms with Crippen LogP contribution in [-0.2, 0) is 9.47 Å². The number of hydrogen-bond donors (Lipinski definition) is 1. The second-order valence-electron chi connectivity index (χ2n) is 7.62. The lowest BCUT2D eigenvalue weighted by atomic mass is 10.0. The Labute approximate surface area is 180 Å². The first-order valence-corrected chi connectivity index (χ1v) is 10.3. The number of carbonyl (C=O) groups excluding carboxylic acids is 3. The molecule has 0 spiro atoms. The minimum atomic E-state index is -0.505. The number of hydrogen-bond acceptors (Lipinski definition) is 5. The van der Waals surface area contributed by atoms with Crippen LogP contribution in [0.1, 0.15) is 34.9 Å². The number of urea groups is 1. The third-order valence-electron chi connectivity index (χ3n) is 5.78. The normalized spacial score (nSPS) is 19.1. The lowest BCUT2D eigenvalue weighted by Gasteiger charge is -2.35. The lowest BCUT2D eigenvalue weighted by Crippen LogP contribution is -2.48. The maximum Gasteiger partial charge on any atom is 0.410 e. The van der Waals surface area contributed by atoms with Crippen molar-refractivity contribution < 1.29 is 23.9 Å². The molecule has 0 bridgehead atoms. The average molecular weight is 423 g/mol. The van der Waals surface area contributed by atoms with E-state index in [0.29, 0.717) is 43.7 Å². The molecule has 2 fully saturated rings. The Morgan fingerprint density at radius 2 is 1.71 bits per heavy atom. The maximum absolute atomic E-state index is 12.7. The van der Waals surface area contributed by atoms with Gasteiger partial charge in [-0.05, 0) is 30.5 Å². The van der Waals surface area contributed by atoms with Crippen molar-refractivity contribution in [1.29, 1.82) is 0 Å². The summed E-state index contributed by atoms with van der Waals surface area (Å²) >= 11 is 0. The first-order chi connectivity index (χ1) is 15.1. The molecular formula is C23H25N3O5. The number of rotatable bonds is 4. The third kappa shape index (κ3) is 4.47. The molecule has 31 heavy (non-hydrogen) atoms. The summed E-state index contributed by atoms with van der Waals surface area (Å²) in [6.45, 7) is 1.54.